The van der Waals surface area contributed by atoms with Crippen LogP contribution in [0.25, 0.3) is 0 Å². The van der Waals surface area contributed by atoms with Crippen molar-refractivity contribution in [3.05, 3.63) is 78.4 Å². The number of imidazole rings is 1. The Morgan fingerprint density at radius 3 is 2.52 bits per heavy atom. The van der Waals surface area contributed by atoms with Gasteiger partial charge in [-0.05, 0) is 30.5 Å². The number of benzene rings is 2. The highest BCUT2D eigenvalue weighted by Crippen LogP contribution is 2.34. The first-order valence-electron chi connectivity index (χ1n) is 9.64. The van der Waals surface area contributed by atoms with Crippen molar-refractivity contribution in [1.29, 1.82) is 0 Å². The van der Waals surface area contributed by atoms with Crippen molar-refractivity contribution in [3.8, 4) is 5.75 Å². The summed E-state index contributed by atoms with van der Waals surface area (Å²) >= 11 is 0. The summed E-state index contributed by atoms with van der Waals surface area (Å²) in [5.74, 6) is -0.214. The Balaban J connectivity index is 1.75. The molecule has 1 aromatic heterocycles. The molecule has 1 atom stereocenters. The number of rotatable bonds is 5. The zero-order valence-electron chi connectivity index (χ0n) is 16.4. The van der Waals surface area contributed by atoms with Crippen molar-refractivity contribution in [2.45, 2.75) is 43.2 Å². The van der Waals surface area contributed by atoms with Gasteiger partial charge in [0.25, 0.3) is 0 Å². The molecule has 164 valence electrons. The van der Waals surface area contributed by atoms with E-state index >= 15 is 0 Å². The van der Waals surface area contributed by atoms with Gasteiger partial charge in [0.05, 0.1) is 6.54 Å². The van der Waals surface area contributed by atoms with E-state index < -0.39 is 33.1 Å². The van der Waals surface area contributed by atoms with E-state index in [4.69, 9.17) is 0 Å². The quantitative estimate of drug-likeness (QED) is 0.589. The third-order valence-electron chi connectivity index (χ3n) is 5.19. The average Bonchev–Trinajstić information content (AvgIpc) is 3.09. The van der Waals surface area contributed by atoms with Crippen LogP contribution in [0, 0.1) is 0 Å². The molecule has 0 aliphatic carbocycles. The summed E-state index contributed by atoms with van der Waals surface area (Å²) in [4.78, 5) is 3.72. The number of aryl methyl sites for hydroxylation is 1. The largest absolute Gasteiger partial charge is 0.573 e. The minimum atomic E-state index is -5.01. The van der Waals surface area contributed by atoms with Gasteiger partial charge in [-0.2, -0.15) is 4.31 Å². The zero-order valence-corrected chi connectivity index (χ0v) is 17.2. The normalized spacial score (nSPS) is 17.7. The molecule has 0 fully saturated rings. The molecular weight excluding hydrogens is 431 g/mol. The first kappa shape index (κ1) is 21.4. The maximum absolute atomic E-state index is 13.6. The minimum Gasteiger partial charge on any atom is -0.404 e. The summed E-state index contributed by atoms with van der Waals surface area (Å²) in [7, 11) is -4.32. The lowest BCUT2D eigenvalue weighted by Crippen LogP contribution is -2.40. The van der Waals surface area contributed by atoms with Gasteiger partial charge in [-0.1, -0.05) is 42.5 Å². The van der Waals surface area contributed by atoms with Gasteiger partial charge in [0.1, 0.15) is 16.5 Å². The summed E-state index contributed by atoms with van der Waals surface area (Å²) in [6, 6.07) is 13.7. The number of fused-ring (bicyclic) bond motifs is 1. The number of sulfonamides is 1. The van der Waals surface area contributed by atoms with Crippen LogP contribution >= 0.6 is 0 Å². The third-order valence-corrected chi connectivity index (χ3v) is 7.12. The SMILES string of the molecule is O=S(=O)(c1ccccc1OC(F)(F)F)N1Cc2nccn2CCC1Cc1ccccc1. The van der Waals surface area contributed by atoms with Crippen molar-refractivity contribution in [2.75, 3.05) is 0 Å². The van der Waals surface area contributed by atoms with Gasteiger partial charge in [-0.3, -0.25) is 0 Å². The Labute approximate surface area is 177 Å². The van der Waals surface area contributed by atoms with Gasteiger partial charge in [-0.25, -0.2) is 13.4 Å². The third kappa shape index (κ3) is 4.75. The lowest BCUT2D eigenvalue weighted by atomic mass is 10.0. The van der Waals surface area contributed by atoms with Gasteiger partial charge < -0.3 is 9.30 Å². The van der Waals surface area contributed by atoms with E-state index in [1.807, 2.05) is 34.9 Å². The van der Waals surface area contributed by atoms with Crippen LogP contribution in [0.1, 0.15) is 17.8 Å². The molecule has 10 heteroatoms. The molecule has 31 heavy (non-hydrogen) atoms. The van der Waals surface area contributed by atoms with E-state index in [1.165, 1.54) is 16.4 Å². The van der Waals surface area contributed by atoms with Crippen LogP contribution in [0.5, 0.6) is 5.75 Å². The minimum absolute atomic E-state index is 0.0484. The number of ether oxygens (including phenoxy) is 1. The average molecular weight is 451 g/mol. The summed E-state index contributed by atoms with van der Waals surface area (Å²) in [6.07, 6.45) is -0.749. The van der Waals surface area contributed by atoms with Crippen molar-refractivity contribution < 1.29 is 26.3 Å². The molecule has 1 aliphatic heterocycles. The van der Waals surface area contributed by atoms with Crippen molar-refractivity contribution in [1.82, 2.24) is 13.9 Å². The highest BCUT2D eigenvalue weighted by molar-refractivity contribution is 7.89. The molecule has 3 aromatic rings. The first-order valence-corrected chi connectivity index (χ1v) is 11.1. The number of aromatic nitrogens is 2. The van der Waals surface area contributed by atoms with Crippen LogP contribution < -0.4 is 4.74 Å². The summed E-state index contributed by atoms with van der Waals surface area (Å²) in [5, 5.41) is 0. The van der Waals surface area contributed by atoms with Gasteiger partial charge >= 0.3 is 6.36 Å². The number of para-hydroxylation sites is 1. The fraction of sp³-hybridized carbons (Fsp3) is 0.286. The molecule has 4 rings (SSSR count). The van der Waals surface area contributed by atoms with Gasteiger partial charge in [-0.15, -0.1) is 13.2 Å². The lowest BCUT2D eigenvalue weighted by Gasteiger charge is -2.29. The lowest BCUT2D eigenvalue weighted by molar-refractivity contribution is -0.275. The molecule has 0 saturated heterocycles. The Bertz CT molecular complexity index is 1150. The smallest absolute Gasteiger partial charge is 0.404 e. The Morgan fingerprint density at radius 1 is 1.06 bits per heavy atom. The maximum atomic E-state index is 13.6. The number of hydrogen-bond acceptors (Lipinski definition) is 4. The van der Waals surface area contributed by atoms with Crippen molar-refractivity contribution in [2.24, 2.45) is 0 Å². The zero-order chi connectivity index (χ0) is 22.1. The summed E-state index contributed by atoms with van der Waals surface area (Å²) in [6.45, 7) is 0.507. The monoisotopic (exact) mass is 451 g/mol. The highest BCUT2D eigenvalue weighted by Gasteiger charge is 2.39. The van der Waals surface area contributed by atoms with E-state index in [1.54, 1.807) is 12.4 Å². The molecule has 2 heterocycles. The molecule has 0 saturated carbocycles. The van der Waals surface area contributed by atoms with Gasteiger partial charge in [0, 0.05) is 25.0 Å². The Kier molecular flexibility index (Phi) is 5.76. The van der Waals surface area contributed by atoms with E-state index in [2.05, 4.69) is 9.72 Å². The summed E-state index contributed by atoms with van der Waals surface area (Å²) in [5.41, 5.74) is 0.937. The second-order valence-electron chi connectivity index (χ2n) is 7.21. The maximum Gasteiger partial charge on any atom is 0.573 e. The van der Waals surface area contributed by atoms with Gasteiger partial charge in [0.15, 0.2) is 0 Å². The Morgan fingerprint density at radius 2 is 1.77 bits per heavy atom. The molecule has 1 unspecified atom stereocenters. The molecule has 0 bridgehead atoms. The number of hydrogen-bond donors (Lipinski definition) is 0. The van der Waals surface area contributed by atoms with Crippen molar-refractivity contribution in [3.63, 3.8) is 0 Å². The number of alkyl halides is 3. The molecular formula is C21H20F3N3O3S. The first-order chi connectivity index (χ1) is 14.7. The van der Waals surface area contributed by atoms with Crippen LogP contribution in [0.15, 0.2) is 71.9 Å². The van der Waals surface area contributed by atoms with Crippen LogP contribution in [0.3, 0.4) is 0 Å². The topological polar surface area (TPSA) is 64.4 Å². The molecule has 2 aromatic carbocycles. The molecule has 0 spiro atoms. The molecule has 0 amide bonds. The van der Waals surface area contributed by atoms with Crippen LogP contribution in [-0.2, 0) is 29.5 Å². The number of nitrogens with zero attached hydrogens (tertiary/aromatic N) is 3. The molecule has 0 N–H and O–H groups in total. The molecule has 6 nitrogen and oxygen atoms in total. The van der Waals surface area contributed by atoms with Crippen LogP contribution in [-0.4, -0.2) is 34.7 Å². The van der Waals surface area contributed by atoms with E-state index in [-0.39, 0.29) is 6.54 Å². The standard InChI is InChI=1S/C21H20F3N3O3S/c22-21(23,24)30-18-8-4-5-9-19(18)31(28,29)27-15-20-25-11-13-26(20)12-10-17(27)14-16-6-2-1-3-7-16/h1-9,11,13,17H,10,12,14-15H2. The fourth-order valence-corrected chi connectivity index (χ4v) is 5.49. The van der Waals surface area contributed by atoms with Crippen LogP contribution in [0.4, 0.5) is 13.2 Å². The highest BCUT2D eigenvalue weighted by atomic mass is 32.2. The van der Waals surface area contributed by atoms with E-state index in [9.17, 15) is 21.6 Å². The predicted molar refractivity (Wildman–Crippen MR) is 107 cm³/mol. The molecule has 0 radical (unpaired) electrons. The number of halogens is 3. The molecule has 1 aliphatic rings. The second kappa shape index (κ2) is 8.35. The Hall–Kier alpha value is -2.85. The van der Waals surface area contributed by atoms with Gasteiger partial charge in [0.2, 0.25) is 10.0 Å². The van der Waals surface area contributed by atoms with E-state index in [0.717, 1.165) is 17.7 Å². The van der Waals surface area contributed by atoms with Crippen LogP contribution in [0.2, 0.25) is 0 Å². The summed E-state index contributed by atoms with van der Waals surface area (Å²) < 4.78 is 73.0. The van der Waals surface area contributed by atoms with Crippen molar-refractivity contribution >= 4 is 10.0 Å². The predicted octanol–water partition coefficient (Wildman–Crippen LogP) is 3.99. The fourth-order valence-electron chi connectivity index (χ4n) is 3.77. The van der Waals surface area contributed by atoms with E-state index in [0.29, 0.717) is 25.2 Å². The second-order valence-corrected chi connectivity index (χ2v) is 9.07.